The van der Waals surface area contributed by atoms with E-state index < -0.39 is 29.7 Å². The third-order valence-corrected chi connectivity index (χ3v) is 10.1. The average Bonchev–Trinajstić information content (AvgIpc) is 3.65. The SMILES string of the molecule is CCC(C)C(C(=O)NC(Cc1ccccc1)C(O)CN(Cc1cc(C)c(C)o1)NC(=O)CC(C)(C)CNC(=O)OC)N1CCN(Cc2cccc(C)n2)C1=O. The Hall–Kier alpha value is -4.95. The molecule has 4 N–H and O–H groups in total. The van der Waals surface area contributed by atoms with Crippen molar-refractivity contribution in [1.29, 1.82) is 0 Å². The summed E-state index contributed by atoms with van der Waals surface area (Å²) in [6.07, 6.45) is -0.740. The Kier molecular flexibility index (Phi) is 15.2. The number of ether oxygens (including phenoxy) is 1. The lowest BCUT2D eigenvalue weighted by molar-refractivity contribution is -0.131. The van der Waals surface area contributed by atoms with Gasteiger partial charge in [-0.2, -0.15) is 0 Å². The molecule has 0 aliphatic carbocycles. The molecule has 14 nitrogen and oxygen atoms in total. The van der Waals surface area contributed by atoms with Crippen LogP contribution in [0.4, 0.5) is 9.59 Å². The van der Waals surface area contributed by atoms with Crippen molar-refractivity contribution < 1.29 is 33.4 Å². The Morgan fingerprint density at radius 2 is 1.80 bits per heavy atom. The van der Waals surface area contributed by atoms with Gasteiger partial charge in [-0.15, -0.1) is 0 Å². The van der Waals surface area contributed by atoms with E-state index in [1.807, 2.05) is 103 Å². The number of carbonyl (C=O) groups excluding carboxylic acids is 4. The Bertz CT molecular complexity index is 1730. The summed E-state index contributed by atoms with van der Waals surface area (Å²) < 4.78 is 10.6. The number of amides is 5. The standard InChI is InChI=1S/C41H59N7O7/c1-9-27(2)37(48-19-18-46(40(48)53)23-32-17-13-14-29(4)43-32)38(51)44-34(21-31-15-11-10-12-16-31)35(49)25-47(24-33-20-28(3)30(5)55-33)45-36(50)22-41(6,7)26-42-39(52)54-8/h10-17,20,27,34-35,37,49H,9,18-19,21-26H2,1-8H3,(H,42,52)(H,44,51)(H,45,50). The molecule has 1 aromatic carbocycles. The fourth-order valence-corrected chi connectivity index (χ4v) is 6.75. The first-order valence-corrected chi connectivity index (χ1v) is 19.0. The van der Waals surface area contributed by atoms with E-state index in [1.165, 1.54) is 7.11 Å². The maximum atomic E-state index is 14.4. The van der Waals surface area contributed by atoms with E-state index in [0.29, 0.717) is 38.2 Å². The van der Waals surface area contributed by atoms with Crippen molar-refractivity contribution in [2.24, 2.45) is 11.3 Å². The van der Waals surface area contributed by atoms with Gasteiger partial charge in [0.15, 0.2) is 0 Å². The minimum absolute atomic E-state index is 0.0569. The summed E-state index contributed by atoms with van der Waals surface area (Å²) in [7, 11) is 1.28. The molecule has 0 radical (unpaired) electrons. The highest BCUT2D eigenvalue weighted by atomic mass is 16.5. The second-order valence-electron chi connectivity index (χ2n) is 15.4. The van der Waals surface area contributed by atoms with Gasteiger partial charge in [0, 0.05) is 38.3 Å². The number of urea groups is 1. The molecule has 1 fully saturated rings. The van der Waals surface area contributed by atoms with E-state index in [-0.39, 0.29) is 49.8 Å². The normalized spacial score (nSPS) is 15.4. The zero-order valence-electron chi connectivity index (χ0n) is 33.6. The van der Waals surface area contributed by atoms with Crippen molar-refractivity contribution in [3.8, 4) is 0 Å². The van der Waals surface area contributed by atoms with E-state index in [4.69, 9.17) is 4.42 Å². The molecular formula is C41H59N7O7. The molecule has 4 rings (SSSR count). The van der Waals surface area contributed by atoms with Gasteiger partial charge >= 0.3 is 12.1 Å². The topological polar surface area (TPSA) is 170 Å². The van der Waals surface area contributed by atoms with Gasteiger partial charge in [-0.05, 0) is 67.9 Å². The molecule has 1 saturated heterocycles. The van der Waals surface area contributed by atoms with Crippen molar-refractivity contribution in [3.05, 3.63) is 88.6 Å². The molecule has 0 bridgehead atoms. The number of carbonyl (C=O) groups is 4. The number of furan rings is 1. The average molecular weight is 762 g/mol. The minimum Gasteiger partial charge on any atom is -0.465 e. The summed E-state index contributed by atoms with van der Waals surface area (Å²) in [6, 6.07) is 15.4. The number of pyridine rings is 1. The van der Waals surface area contributed by atoms with Crippen LogP contribution in [0, 0.1) is 32.1 Å². The highest BCUT2D eigenvalue weighted by Gasteiger charge is 2.41. The zero-order valence-corrected chi connectivity index (χ0v) is 33.6. The first kappa shape index (κ1) is 42.8. The Labute approximate surface area is 324 Å². The number of hydrazine groups is 1. The van der Waals surface area contributed by atoms with Gasteiger partial charge in [-0.1, -0.05) is 70.5 Å². The molecule has 4 atom stereocenters. The Morgan fingerprint density at radius 1 is 1.07 bits per heavy atom. The second-order valence-corrected chi connectivity index (χ2v) is 15.4. The molecule has 3 aromatic rings. The maximum absolute atomic E-state index is 14.4. The van der Waals surface area contributed by atoms with Crippen LogP contribution in [-0.2, 0) is 33.8 Å². The predicted octanol–water partition coefficient (Wildman–Crippen LogP) is 4.65. The smallest absolute Gasteiger partial charge is 0.406 e. The lowest BCUT2D eigenvalue weighted by atomic mass is 9.89. The highest BCUT2D eigenvalue weighted by molar-refractivity contribution is 5.88. The summed E-state index contributed by atoms with van der Waals surface area (Å²) in [5.41, 5.74) is 5.82. The van der Waals surface area contributed by atoms with Crippen LogP contribution in [0.3, 0.4) is 0 Å². The van der Waals surface area contributed by atoms with Crippen molar-refractivity contribution in [1.82, 2.24) is 35.9 Å². The molecular weight excluding hydrogens is 702 g/mol. The molecule has 4 unspecified atom stereocenters. The van der Waals surface area contributed by atoms with Crippen LogP contribution >= 0.6 is 0 Å². The summed E-state index contributed by atoms with van der Waals surface area (Å²) in [5, 5.41) is 19.3. The van der Waals surface area contributed by atoms with Gasteiger partial charge in [-0.25, -0.2) is 14.6 Å². The van der Waals surface area contributed by atoms with Gasteiger partial charge in [0.2, 0.25) is 11.8 Å². The molecule has 5 amide bonds. The number of benzene rings is 1. The van der Waals surface area contributed by atoms with E-state index in [1.54, 1.807) is 14.8 Å². The lowest BCUT2D eigenvalue weighted by Gasteiger charge is -2.35. The van der Waals surface area contributed by atoms with E-state index in [9.17, 15) is 24.3 Å². The van der Waals surface area contributed by atoms with E-state index in [2.05, 4.69) is 25.8 Å². The van der Waals surface area contributed by atoms with Crippen molar-refractivity contribution in [2.75, 3.05) is 33.3 Å². The molecule has 0 spiro atoms. The number of rotatable bonds is 19. The largest absolute Gasteiger partial charge is 0.465 e. The number of hydrogen-bond acceptors (Lipinski definition) is 9. The molecule has 1 aliphatic rings. The summed E-state index contributed by atoms with van der Waals surface area (Å²) in [4.78, 5) is 61.3. The second kappa shape index (κ2) is 19.6. The fourth-order valence-electron chi connectivity index (χ4n) is 6.75. The molecule has 3 heterocycles. The number of hydrogen-bond donors (Lipinski definition) is 4. The first-order chi connectivity index (χ1) is 26.1. The van der Waals surface area contributed by atoms with E-state index in [0.717, 1.165) is 28.3 Å². The quantitative estimate of drug-likeness (QED) is 0.127. The van der Waals surface area contributed by atoms with Crippen LogP contribution < -0.4 is 16.1 Å². The van der Waals surface area contributed by atoms with Crippen LogP contribution in [0.25, 0.3) is 0 Å². The third kappa shape index (κ3) is 12.5. The van der Waals surface area contributed by atoms with Gasteiger partial charge in [0.25, 0.3) is 0 Å². The molecule has 0 saturated carbocycles. The van der Waals surface area contributed by atoms with Gasteiger partial charge in [0.05, 0.1) is 38.0 Å². The van der Waals surface area contributed by atoms with E-state index >= 15 is 0 Å². The Balaban J connectivity index is 1.55. The zero-order chi connectivity index (χ0) is 40.3. The third-order valence-electron chi connectivity index (χ3n) is 10.1. The highest BCUT2D eigenvalue weighted by Crippen LogP contribution is 2.24. The molecule has 1 aliphatic heterocycles. The van der Waals surface area contributed by atoms with Crippen molar-refractivity contribution in [2.45, 2.75) is 99.0 Å². The number of aryl methyl sites for hydroxylation is 3. The minimum atomic E-state index is -1.16. The molecule has 14 heteroatoms. The van der Waals surface area contributed by atoms with Crippen molar-refractivity contribution >= 4 is 23.9 Å². The molecule has 55 heavy (non-hydrogen) atoms. The maximum Gasteiger partial charge on any atom is 0.406 e. The van der Waals surface area contributed by atoms with Crippen LogP contribution in [-0.4, -0.2) is 100 Å². The number of aliphatic hydroxyl groups is 1. The van der Waals surface area contributed by atoms with Crippen LogP contribution in [0.5, 0.6) is 0 Å². The van der Waals surface area contributed by atoms with Crippen LogP contribution in [0.1, 0.15) is 74.6 Å². The number of nitrogens with one attached hydrogen (secondary N) is 3. The van der Waals surface area contributed by atoms with Gasteiger partial charge in [0.1, 0.15) is 17.6 Å². The van der Waals surface area contributed by atoms with Crippen LogP contribution in [0.15, 0.2) is 59.0 Å². The number of aliphatic hydroxyl groups excluding tert-OH is 1. The summed E-state index contributed by atoms with van der Waals surface area (Å²) >= 11 is 0. The first-order valence-electron chi connectivity index (χ1n) is 19.0. The summed E-state index contributed by atoms with van der Waals surface area (Å²) in [6.45, 7) is 14.8. The van der Waals surface area contributed by atoms with Gasteiger partial charge in [-0.3, -0.25) is 20.0 Å². The fraction of sp³-hybridized carbons (Fsp3) is 0.537. The van der Waals surface area contributed by atoms with Crippen molar-refractivity contribution in [3.63, 3.8) is 0 Å². The predicted molar refractivity (Wildman–Crippen MR) is 208 cm³/mol. The Morgan fingerprint density at radius 3 is 2.44 bits per heavy atom. The number of aromatic nitrogens is 1. The van der Waals surface area contributed by atoms with Crippen LogP contribution in [0.2, 0.25) is 0 Å². The molecule has 300 valence electrons. The number of alkyl carbamates (subject to hydrolysis) is 1. The lowest BCUT2D eigenvalue weighted by Crippen LogP contribution is -2.58. The molecule has 2 aromatic heterocycles. The number of nitrogens with zero attached hydrogens (tertiary/aromatic N) is 4. The number of methoxy groups -OCH3 is 1. The van der Waals surface area contributed by atoms with Gasteiger partial charge < -0.3 is 34.7 Å². The summed E-state index contributed by atoms with van der Waals surface area (Å²) in [5.74, 6) is 0.474. The monoisotopic (exact) mass is 761 g/mol.